The van der Waals surface area contributed by atoms with Crippen LogP contribution in [0.1, 0.15) is 95.3 Å². The molecule has 10 atom stereocenters. The van der Waals surface area contributed by atoms with Gasteiger partial charge in [0.05, 0.1) is 17.8 Å². The van der Waals surface area contributed by atoms with E-state index in [4.69, 9.17) is 21.7 Å². The molecule has 8 heteroatoms. The van der Waals surface area contributed by atoms with E-state index in [-0.39, 0.29) is 40.8 Å². The van der Waals surface area contributed by atoms with Gasteiger partial charge in [0.15, 0.2) is 0 Å². The van der Waals surface area contributed by atoms with Crippen molar-refractivity contribution in [2.75, 3.05) is 5.73 Å². The van der Waals surface area contributed by atoms with Gasteiger partial charge in [-0.3, -0.25) is 9.59 Å². The molecule has 39 heavy (non-hydrogen) atoms. The third kappa shape index (κ3) is 5.64. The number of anilines is 1. The fourth-order valence-electron chi connectivity index (χ4n) is 9.48. The van der Waals surface area contributed by atoms with Crippen molar-refractivity contribution < 1.29 is 30.0 Å². The van der Waals surface area contributed by atoms with E-state index < -0.39 is 11.9 Å². The van der Waals surface area contributed by atoms with E-state index in [1.165, 1.54) is 43.9 Å². The highest BCUT2D eigenvalue weighted by molar-refractivity contribution is 5.96. The lowest BCUT2D eigenvalue weighted by Gasteiger charge is -2.62. The number of nitrogen functional groups attached to an aromatic ring is 1. The van der Waals surface area contributed by atoms with Crippen molar-refractivity contribution >= 4 is 17.6 Å². The van der Waals surface area contributed by atoms with Gasteiger partial charge in [-0.05, 0) is 122 Å². The smallest absolute Gasteiger partial charge is 0.303 e. The van der Waals surface area contributed by atoms with Crippen LogP contribution in [0.15, 0.2) is 18.2 Å². The molecule has 0 radical (unpaired) electrons. The SMILES string of the molecule is C[C@H](CCC(=O)O)[C@H]1CC[C@H]2[C@@H]3[C@@H](O)CC4C[C@@H](O)CC[C@]4(C)[C@H]3CC[C@]12C.NC(=O)c1cc(N)ccc1O. The molecule has 0 spiro atoms. The third-order valence-corrected chi connectivity index (χ3v) is 11.5. The minimum absolute atomic E-state index is 0.0463. The number of fused-ring (bicyclic) bond motifs is 5. The Morgan fingerprint density at radius 1 is 1.03 bits per heavy atom. The number of carbonyl (C=O) groups is 2. The zero-order valence-corrected chi connectivity index (χ0v) is 23.7. The Bertz CT molecular complexity index is 1060. The number of aromatic hydroxyl groups is 1. The summed E-state index contributed by atoms with van der Waals surface area (Å²) in [6, 6.07) is 4.15. The molecule has 4 fully saturated rings. The molecular formula is C31H48N2O6. The number of phenols is 1. The van der Waals surface area contributed by atoms with Gasteiger partial charge in [0.1, 0.15) is 5.75 Å². The van der Waals surface area contributed by atoms with Gasteiger partial charge >= 0.3 is 5.97 Å². The second-order valence-corrected chi connectivity index (χ2v) is 13.5. The molecule has 0 bridgehead atoms. The summed E-state index contributed by atoms with van der Waals surface area (Å²) in [4.78, 5) is 21.6. The van der Waals surface area contributed by atoms with Crippen molar-refractivity contribution in [1.29, 1.82) is 0 Å². The number of hydrogen-bond donors (Lipinski definition) is 6. The topological polar surface area (TPSA) is 167 Å². The summed E-state index contributed by atoms with van der Waals surface area (Å²) in [6.07, 6.45) is 9.19. The number of aliphatic hydroxyl groups excluding tert-OH is 2. The van der Waals surface area contributed by atoms with Crippen LogP contribution in [0.2, 0.25) is 0 Å². The van der Waals surface area contributed by atoms with Crippen molar-refractivity contribution in [3.63, 3.8) is 0 Å². The highest BCUT2D eigenvalue weighted by atomic mass is 16.4. The van der Waals surface area contributed by atoms with Crippen LogP contribution in [0, 0.1) is 46.3 Å². The molecular weight excluding hydrogens is 496 g/mol. The number of amides is 1. The molecule has 4 aliphatic rings. The Morgan fingerprint density at radius 2 is 1.69 bits per heavy atom. The normalized spacial score (nSPS) is 39.8. The molecule has 1 unspecified atom stereocenters. The van der Waals surface area contributed by atoms with Gasteiger partial charge in [-0.2, -0.15) is 0 Å². The lowest BCUT2D eigenvalue weighted by molar-refractivity contribution is -0.174. The van der Waals surface area contributed by atoms with E-state index in [0.29, 0.717) is 41.2 Å². The van der Waals surface area contributed by atoms with Crippen molar-refractivity contribution in [1.82, 2.24) is 0 Å². The fourth-order valence-corrected chi connectivity index (χ4v) is 9.48. The van der Waals surface area contributed by atoms with Crippen LogP contribution >= 0.6 is 0 Å². The van der Waals surface area contributed by atoms with E-state index in [0.717, 1.165) is 32.1 Å². The maximum Gasteiger partial charge on any atom is 0.303 e. The third-order valence-electron chi connectivity index (χ3n) is 11.5. The van der Waals surface area contributed by atoms with Crippen LogP contribution in [0.4, 0.5) is 5.69 Å². The lowest BCUT2D eigenvalue weighted by atomic mass is 9.43. The number of primary amides is 1. The number of benzene rings is 1. The number of carboxylic acid groups (broad SMARTS) is 1. The number of aliphatic carboxylic acids is 1. The summed E-state index contributed by atoms with van der Waals surface area (Å²) in [5.74, 6) is 1.52. The fraction of sp³-hybridized carbons (Fsp3) is 0.742. The maximum absolute atomic E-state index is 11.2. The Labute approximate surface area is 232 Å². The highest BCUT2D eigenvalue weighted by Gasteiger charge is 2.62. The van der Waals surface area contributed by atoms with Crippen LogP contribution in [0.3, 0.4) is 0 Å². The van der Waals surface area contributed by atoms with Crippen LogP contribution in [-0.4, -0.2) is 44.5 Å². The maximum atomic E-state index is 11.2. The molecule has 1 aromatic rings. The minimum atomic E-state index is -0.685. The van der Waals surface area contributed by atoms with Crippen molar-refractivity contribution in [3.05, 3.63) is 23.8 Å². The summed E-state index contributed by atoms with van der Waals surface area (Å²) in [5, 5.41) is 39.6. The Balaban J connectivity index is 0.000000270. The van der Waals surface area contributed by atoms with Gasteiger partial charge in [0.25, 0.3) is 5.91 Å². The Hall–Kier alpha value is -2.32. The zero-order valence-electron chi connectivity index (χ0n) is 23.7. The average molecular weight is 545 g/mol. The monoisotopic (exact) mass is 544 g/mol. The van der Waals surface area contributed by atoms with Gasteiger partial charge in [-0.15, -0.1) is 0 Å². The summed E-state index contributed by atoms with van der Waals surface area (Å²) in [5.41, 5.74) is 11.2. The van der Waals surface area contributed by atoms with Gasteiger partial charge in [0, 0.05) is 12.1 Å². The van der Waals surface area contributed by atoms with Crippen molar-refractivity contribution in [2.24, 2.45) is 52.1 Å². The Kier molecular flexibility index (Phi) is 8.58. The summed E-state index contributed by atoms with van der Waals surface area (Å²) in [7, 11) is 0. The van der Waals surface area contributed by atoms with Crippen LogP contribution < -0.4 is 11.5 Å². The van der Waals surface area contributed by atoms with Gasteiger partial charge in [0.2, 0.25) is 0 Å². The molecule has 0 heterocycles. The molecule has 0 aliphatic heterocycles. The van der Waals surface area contributed by atoms with Gasteiger partial charge in [-0.1, -0.05) is 20.8 Å². The lowest BCUT2D eigenvalue weighted by Crippen LogP contribution is -2.58. The van der Waals surface area contributed by atoms with E-state index in [2.05, 4.69) is 20.8 Å². The quantitative estimate of drug-likeness (QED) is 0.233. The number of nitrogens with two attached hydrogens (primary N) is 2. The first-order valence-corrected chi connectivity index (χ1v) is 14.7. The molecule has 1 amide bonds. The second kappa shape index (κ2) is 11.3. The van der Waals surface area contributed by atoms with Crippen LogP contribution in [0.25, 0.3) is 0 Å². The molecule has 1 aromatic carbocycles. The number of rotatable bonds is 5. The first kappa shape index (κ1) is 29.7. The molecule has 218 valence electrons. The zero-order chi connectivity index (χ0) is 28.7. The average Bonchev–Trinajstić information content (AvgIpc) is 3.22. The van der Waals surface area contributed by atoms with Gasteiger partial charge in [-0.25, -0.2) is 0 Å². The van der Waals surface area contributed by atoms with E-state index in [1.807, 2.05) is 0 Å². The minimum Gasteiger partial charge on any atom is -0.507 e. The number of carbonyl (C=O) groups excluding carboxylic acids is 1. The molecule has 0 saturated heterocycles. The molecule has 0 aromatic heterocycles. The van der Waals surface area contributed by atoms with Gasteiger partial charge < -0.3 is 31.9 Å². The summed E-state index contributed by atoms with van der Waals surface area (Å²) >= 11 is 0. The highest BCUT2D eigenvalue weighted by Crippen LogP contribution is 2.68. The number of aliphatic hydroxyl groups is 2. The predicted molar refractivity (Wildman–Crippen MR) is 150 cm³/mol. The molecule has 8 N–H and O–H groups in total. The standard InChI is InChI=1S/C24H40O4.C7H8N2O2/c1-14(4-7-21(27)28)17-5-6-18-22-19(9-11-24(17,18)3)23(2)10-8-16(25)12-15(23)13-20(22)26;8-4-1-2-6(10)5(3-4)7(9)11/h14-20,22,25-26H,4-13H2,1-3H3,(H,27,28);1-3,10H,8H2,(H2,9,11)/t14-,15?,16+,17-,18+,19+,20+,22+,23+,24-;/m1./s1. The van der Waals surface area contributed by atoms with E-state index in [9.17, 15) is 19.8 Å². The van der Waals surface area contributed by atoms with E-state index in [1.54, 1.807) is 0 Å². The van der Waals surface area contributed by atoms with Crippen molar-refractivity contribution in [2.45, 2.75) is 97.2 Å². The largest absolute Gasteiger partial charge is 0.507 e. The molecule has 5 rings (SSSR count). The number of carboxylic acids is 1. The van der Waals surface area contributed by atoms with Crippen LogP contribution in [-0.2, 0) is 4.79 Å². The first-order chi connectivity index (χ1) is 18.3. The van der Waals surface area contributed by atoms with Crippen molar-refractivity contribution in [3.8, 4) is 5.75 Å². The number of hydrogen-bond acceptors (Lipinski definition) is 6. The molecule has 8 nitrogen and oxygen atoms in total. The summed E-state index contributed by atoms with van der Waals surface area (Å²) < 4.78 is 0. The Morgan fingerprint density at radius 3 is 2.33 bits per heavy atom. The van der Waals surface area contributed by atoms with Crippen LogP contribution in [0.5, 0.6) is 5.75 Å². The second-order valence-electron chi connectivity index (χ2n) is 13.5. The molecule has 4 aliphatic carbocycles. The first-order valence-electron chi connectivity index (χ1n) is 14.7. The molecule has 4 saturated carbocycles. The summed E-state index contributed by atoms with van der Waals surface area (Å²) in [6.45, 7) is 7.16. The predicted octanol–water partition coefficient (Wildman–Crippen LogP) is 4.55. The van der Waals surface area contributed by atoms with E-state index >= 15 is 0 Å².